The maximum Gasteiger partial charge on any atom is 0.326 e. The van der Waals surface area contributed by atoms with Crippen molar-refractivity contribution in [2.45, 2.75) is 39.7 Å². The van der Waals surface area contributed by atoms with Gasteiger partial charge in [0.15, 0.2) is 0 Å². The highest BCUT2D eigenvalue weighted by atomic mass is 16.4. The molecule has 0 aliphatic heterocycles. The minimum absolute atomic E-state index is 0.0604. The van der Waals surface area contributed by atoms with E-state index in [-0.39, 0.29) is 5.75 Å². The molecule has 2 amide bonds. The molecule has 1 aromatic rings. The van der Waals surface area contributed by atoms with Crippen molar-refractivity contribution in [1.82, 2.24) is 5.32 Å². The first kappa shape index (κ1) is 16.8. The van der Waals surface area contributed by atoms with Gasteiger partial charge in [0, 0.05) is 12.6 Å². The average molecular weight is 294 g/mol. The second kappa shape index (κ2) is 7.52. The maximum atomic E-state index is 12.3. The number of phenolic OH excluding ortho intramolecular Hbond substituents is 1. The van der Waals surface area contributed by atoms with Crippen molar-refractivity contribution < 1.29 is 19.8 Å². The second-order valence-corrected chi connectivity index (χ2v) is 4.84. The summed E-state index contributed by atoms with van der Waals surface area (Å²) in [6.45, 7) is 5.84. The number of hydrogen-bond acceptors (Lipinski definition) is 3. The lowest BCUT2D eigenvalue weighted by atomic mass is 10.1. The number of nitrogens with one attached hydrogen (secondary N) is 1. The number of aliphatic carboxylic acids is 1. The molecule has 0 aliphatic rings. The highest BCUT2D eigenvalue weighted by Crippen LogP contribution is 2.25. The molecule has 6 nitrogen and oxygen atoms in total. The zero-order valence-electron chi connectivity index (χ0n) is 12.6. The fraction of sp³-hybridized carbons (Fsp3) is 0.467. The Bertz CT molecular complexity index is 516. The third kappa shape index (κ3) is 4.37. The number of amides is 2. The summed E-state index contributed by atoms with van der Waals surface area (Å²) in [4.78, 5) is 24.8. The summed E-state index contributed by atoms with van der Waals surface area (Å²) in [5, 5.41) is 21.2. The molecule has 0 unspecified atom stereocenters. The lowest BCUT2D eigenvalue weighted by Crippen LogP contribution is -2.48. The number of phenols is 1. The van der Waals surface area contributed by atoms with Crippen LogP contribution >= 0.6 is 0 Å². The fourth-order valence-electron chi connectivity index (χ4n) is 2.08. The van der Waals surface area contributed by atoms with Gasteiger partial charge in [0.2, 0.25) is 0 Å². The Morgan fingerprint density at radius 3 is 2.52 bits per heavy atom. The van der Waals surface area contributed by atoms with E-state index in [2.05, 4.69) is 5.32 Å². The van der Waals surface area contributed by atoms with Gasteiger partial charge >= 0.3 is 12.0 Å². The van der Waals surface area contributed by atoms with E-state index in [0.29, 0.717) is 25.1 Å². The van der Waals surface area contributed by atoms with E-state index in [1.807, 2.05) is 13.8 Å². The van der Waals surface area contributed by atoms with Crippen LogP contribution in [0.4, 0.5) is 10.5 Å². The third-order valence-corrected chi connectivity index (χ3v) is 3.22. The SMILES string of the molecule is CCC[C@@H](NC(=O)N(CC)c1cc(O)ccc1C)C(=O)O. The Balaban J connectivity index is 2.96. The van der Waals surface area contributed by atoms with E-state index in [1.165, 1.54) is 11.0 Å². The molecule has 0 heterocycles. The van der Waals surface area contributed by atoms with Crippen molar-refractivity contribution in [3.8, 4) is 5.75 Å². The van der Waals surface area contributed by atoms with Gasteiger partial charge in [-0.3, -0.25) is 4.90 Å². The first-order valence-electron chi connectivity index (χ1n) is 7.01. The molecular weight excluding hydrogens is 272 g/mol. The zero-order valence-corrected chi connectivity index (χ0v) is 12.6. The second-order valence-electron chi connectivity index (χ2n) is 4.84. The largest absolute Gasteiger partial charge is 0.508 e. The molecule has 1 aromatic carbocycles. The van der Waals surface area contributed by atoms with Gasteiger partial charge in [-0.25, -0.2) is 9.59 Å². The van der Waals surface area contributed by atoms with Crippen LogP contribution in [0.5, 0.6) is 5.75 Å². The number of anilines is 1. The van der Waals surface area contributed by atoms with Gasteiger partial charge in [-0.15, -0.1) is 0 Å². The van der Waals surface area contributed by atoms with E-state index in [9.17, 15) is 14.7 Å². The Kier molecular flexibility index (Phi) is 6.02. The molecule has 3 N–H and O–H groups in total. The molecule has 0 radical (unpaired) electrons. The molecule has 116 valence electrons. The molecule has 0 saturated heterocycles. The highest BCUT2D eigenvalue weighted by Gasteiger charge is 2.23. The molecule has 0 aromatic heterocycles. The number of aryl methyl sites for hydroxylation is 1. The van der Waals surface area contributed by atoms with Crippen LogP contribution in [-0.4, -0.2) is 34.8 Å². The molecule has 0 fully saturated rings. The van der Waals surface area contributed by atoms with Crippen LogP contribution in [0.15, 0.2) is 18.2 Å². The number of carboxylic acids is 1. The molecule has 0 bridgehead atoms. The van der Waals surface area contributed by atoms with E-state index in [0.717, 1.165) is 5.56 Å². The molecule has 1 atom stereocenters. The summed E-state index contributed by atoms with van der Waals surface area (Å²) in [6.07, 6.45) is 1.03. The van der Waals surface area contributed by atoms with Gasteiger partial charge in [-0.2, -0.15) is 0 Å². The van der Waals surface area contributed by atoms with Crippen LogP contribution in [0, 0.1) is 6.92 Å². The monoisotopic (exact) mass is 294 g/mol. The van der Waals surface area contributed by atoms with Crippen molar-refractivity contribution in [2.24, 2.45) is 0 Å². The third-order valence-electron chi connectivity index (χ3n) is 3.22. The summed E-state index contributed by atoms with van der Waals surface area (Å²) in [6, 6.07) is 3.36. The lowest BCUT2D eigenvalue weighted by Gasteiger charge is -2.25. The molecule has 6 heteroatoms. The Morgan fingerprint density at radius 2 is 2.00 bits per heavy atom. The van der Waals surface area contributed by atoms with Crippen molar-refractivity contribution in [3.63, 3.8) is 0 Å². The Hall–Kier alpha value is -2.24. The van der Waals surface area contributed by atoms with Crippen LogP contribution in [0.1, 0.15) is 32.3 Å². The molecule has 0 saturated carbocycles. The number of carboxylic acid groups (broad SMARTS) is 1. The number of rotatable bonds is 6. The van der Waals surface area contributed by atoms with E-state index in [1.54, 1.807) is 19.1 Å². The smallest absolute Gasteiger partial charge is 0.326 e. The minimum Gasteiger partial charge on any atom is -0.508 e. The standard InChI is InChI=1S/C15H22N2O4/c1-4-6-12(14(19)20)16-15(21)17(5-2)13-9-11(18)8-7-10(13)3/h7-9,12,18H,4-6H2,1-3H3,(H,16,21)(H,19,20)/t12-/m1/s1. The number of aromatic hydroxyl groups is 1. The van der Waals surface area contributed by atoms with Crippen LogP contribution in [0.25, 0.3) is 0 Å². The summed E-state index contributed by atoms with van der Waals surface area (Å²) < 4.78 is 0. The number of urea groups is 1. The van der Waals surface area contributed by atoms with Gasteiger partial charge in [0.1, 0.15) is 11.8 Å². The predicted molar refractivity (Wildman–Crippen MR) is 80.7 cm³/mol. The van der Waals surface area contributed by atoms with Gasteiger partial charge in [0.05, 0.1) is 5.69 Å². The number of carbonyl (C=O) groups excluding carboxylic acids is 1. The number of carbonyl (C=O) groups is 2. The predicted octanol–water partition coefficient (Wildman–Crippen LogP) is 2.49. The van der Waals surface area contributed by atoms with Crippen molar-refractivity contribution >= 4 is 17.7 Å². The van der Waals surface area contributed by atoms with E-state index >= 15 is 0 Å². The van der Waals surface area contributed by atoms with Gasteiger partial charge in [-0.1, -0.05) is 19.4 Å². The zero-order chi connectivity index (χ0) is 16.0. The summed E-state index contributed by atoms with van der Waals surface area (Å²) in [5.41, 5.74) is 1.39. The van der Waals surface area contributed by atoms with Gasteiger partial charge in [0.25, 0.3) is 0 Å². The topological polar surface area (TPSA) is 89.9 Å². The van der Waals surface area contributed by atoms with Crippen LogP contribution in [0.3, 0.4) is 0 Å². The first-order valence-corrected chi connectivity index (χ1v) is 7.01. The van der Waals surface area contributed by atoms with E-state index < -0.39 is 18.0 Å². The summed E-state index contributed by atoms with van der Waals surface area (Å²) in [7, 11) is 0. The quantitative estimate of drug-likeness (QED) is 0.752. The van der Waals surface area contributed by atoms with Crippen LogP contribution < -0.4 is 10.2 Å². The minimum atomic E-state index is -1.05. The van der Waals surface area contributed by atoms with Crippen LogP contribution in [-0.2, 0) is 4.79 Å². The van der Waals surface area contributed by atoms with Crippen molar-refractivity contribution in [1.29, 1.82) is 0 Å². The van der Waals surface area contributed by atoms with E-state index in [4.69, 9.17) is 5.11 Å². The molecular formula is C15H22N2O4. The Morgan fingerprint density at radius 1 is 1.33 bits per heavy atom. The molecule has 0 aliphatic carbocycles. The van der Waals surface area contributed by atoms with Crippen LogP contribution in [0.2, 0.25) is 0 Å². The number of hydrogen-bond donors (Lipinski definition) is 3. The lowest BCUT2D eigenvalue weighted by molar-refractivity contribution is -0.139. The molecule has 21 heavy (non-hydrogen) atoms. The number of benzene rings is 1. The van der Waals surface area contributed by atoms with Crippen molar-refractivity contribution in [3.05, 3.63) is 23.8 Å². The molecule has 0 spiro atoms. The summed E-state index contributed by atoms with van der Waals surface area (Å²) >= 11 is 0. The molecule has 1 rings (SSSR count). The first-order chi connectivity index (χ1) is 9.90. The number of nitrogens with zero attached hydrogens (tertiary/aromatic N) is 1. The highest BCUT2D eigenvalue weighted by molar-refractivity contribution is 5.95. The van der Waals surface area contributed by atoms with Gasteiger partial charge < -0.3 is 15.5 Å². The van der Waals surface area contributed by atoms with Gasteiger partial charge in [-0.05, 0) is 31.9 Å². The maximum absolute atomic E-state index is 12.3. The van der Waals surface area contributed by atoms with Crippen molar-refractivity contribution in [2.75, 3.05) is 11.4 Å². The average Bonchev–Trinajstić information content (AvgIpc) is 2.42. The normalized spacial score (nSPS) is 11.8. The Labute approximate surface area is 124 Å². The summed E-state index contributed by atoms with van der Waals surface area (Å²) in [5.74, 6) is -0.987. The fourth-order valence-corrected chi connectivity index (χ4v) is 2.08.